The van der Waals surface area contributed by atoms with Gasteiger partial charge in [0.25, 0.3) is 0 Å². The van der Waals surface area contributed by atoms with Gasteiger partial charge in [0, 0.05) is 0 Å². The quantitative estimate of drug-likeness (QED) is 0.850. The van der Waals surface area contributed by atoms with Gasteiger partial charge < -0.3 is 10.6 Å². The van der Waals surface area contributed by atoms with Crippen LogP contribution in [0.25, 0.3) is 10.2 Å². The second-order valence-electron chi connectivity index (χ2n) is 3.32. The number of thiazole rings is 1. The number of anilines is 1. The van der Waals surface area contributed by atoms with Crippen LogP contribution in [0.1, 0.15) is 6.92 Å². The van der Waals surface area contributed by atoms with Gasteiger partial charge in [0.2, 0.25) is 5.91 Å². The lowest BCUT2D eigenvalue weighted by Gasteiger charge is -2.00. The fourth-order valence-corrected chi connectivity index (χ4v) is 2.21. The van der Waals surface area contributed by atoms with Gasteiger partial charge in [0.05, 0.1) is 16.8 Å². The molecular formula is C11H13N3OS. The highest BCUT2D eigenvalue weighted by Crippen LogP contribution is 2.24. The van der Waals surface area contributed by atoms with Crippen LogP contribution < -0.4 is 10.6 Å². The van der Waals surface area contributed by atoms with Crippen LogP contribution in [0, 0.1) is 0 Å². The van der Waals surface area contributed by atoms with Crippen LogP contribution in [-0.2, 0) is 4.79 Å². The lowest BCUT2D eigenvalue weighted by Crippen LogP contribution is -2.27. The van der Waals surface area contributed by atoms with E-state index < -0.39 is 0 Å². The van der Waals surface area contributed by atoms with Gasteiger partial charge in [0.1, 0.15) is 0 Å². The highest BCUT2D eigenvalue weighted by Gasteiger charge is 2.06. The molecule has 0 saturated heterocycles. The molecule has 0 spiro atoms. The van der Waals surface area contributed by atoms with Crippen LogP contribution in [0.4, 0.5) is 5.13 Å². The SMILES string of the molecule is CCNCC(=O)Nc1nc2ccccc2s1. The van der Waals surface area contributed by atoms with E-state index in [0.717, 1.165) is 16.8 Å². The molecule has 0 bridgehead atoms. The fourth-order valence-electron chi connectivity index (χ4n) is 1.33. The van der Waals surface area contributed by atoms with E-state index in [1.54, 1.807) is 0 Å². The number of likely N-dealkylation sites (N-methyl/N-ethyl adjacent to an activating group) is 1. The zero-order valence-corrected chi connectivity index (χ0v) is 9.80. The first-order valence-electron chi connectivity index (χ1n) is 5.15. The molecule has 1 heterocycles. The van der Waals surface area contributed by atoms with E-state index in [4.69, 9.17) is 0 Å². The molecule has 0 radical (unpaired) electrons. The molecule has 16 heavy (non-hydrogen) atoms. The first kappa shape index (κ1) is 11.0. The number of aromatic nitrogens is 1. The summed E-state index contributed by atoms with van der Waals surface area (Å²) >= 11 is 1.49. The number of carbonyl (C=O) groups excluding carboxylic acids is 1. The highest BCUT2D eigenvalue weighted by atomic mass is 32.1. The number of hydrogen-bond acceptors (Lipinski definition) is 4. The smallest absolute Gasteiger partial charge is 0.240 e. The van der Waals surface area contributed by atoms with Crippen molar-refractivity contribution in [3.63, 3.8) is 0 Å². The molecule has 0 aliphatic heterocycles. The molecule has 0 unspecified atom stereocenters. The predicted octanol–water partition coefficient (Wildman–Crippen LogP) is 1.84. The second-order valence-corrected chi connectivity index (χ2v) is 4.35. The maximum Gasteiger partial charge on any atom is 0.240 e. The van der Waals surface area contributed by atoms with Crippen molar-refractivity contribution in [3.8, 4) is 0 Å². The summed E-state index contributed by atoms with van der Waals surface area (Å²) in [5.41, 5.74) is 0.922. The minimum atomic E-state index is -0.0547. The third kappa shape index (κ3) is 2.56. The fraction of sp³-hybridized carbons (Fsp3) is 0.273. The first-order chi connectivity index (χ1) is 7.79. The lowest BCUT2D eigenvalue weighted by molar-refractivity contribution is -0.115. The van der Waals surface area contributed by atoms with Gasteiger partial charge in [-0.05, 0) is 18.7 Å². The van der Waals surface area contributed by atoms with Gasteiger partial charge in [-0.1, -0.05) is 30.4 Å². The van der Waals surface area contributed by atoms with E-state index in [1.165, 1.54) is 11.3 Å². The van der Waals surface area contributed by atoms with Crippen LogP contribution in [0.2, 0.25) is 0 Å². The van der Waals surface area contributed by atoms with E-state index in [9.17, 15) is 4.79 Å². The zero-order valence-electron chi connectivity index (χ0n) is 8.99. The molecule has 1 aromatic carbocycles. The van der Waals surface area contributed by atoms with Crippen LogP contribution >= 0.6 is 11.3 Å². The molecule has 1 aromatic heterocycles. The number of fused-ring (bicyclic) bond motifs is 1. The standard InChI is InChI=1S/C11H13N3OS/c1-2-12-7-10(15)14-11-13-8-5-3-4-6-9(8)16-11/h3-6,12H,2,7H2,1H3,(H,13,14,15). The van der Waals surface area contributed by atoms with Crippen molar-refractivity contribution >= 4 is 32.6 Å². The van der Waals surface area contributed by atoms with Gasteiger partial charge in [-0.25, -0.2) is 4.98 Å². The molecule has 2 aromatic rings. The summed E-state index contributed by atoms with van der Waals surface area (Å²) in [5, 5.41) is 6.40. The first-order valence-corrected chi connectivity index (χ1v) is 5.97. The van der Waals surface area contributed by atoms with Crippen molar-refractivity contribution in [2.45, 2.75) is 6.92 Å². The van der Waals surface area contributed by atoms with Gasteiger partial charge in [-0.2, -0.15) is 0 Å². The Morgan fingerprint density at radius 1 is 1.44 bits per heavy atom. The normalized spacial score (nSPS) is 10.6. The van der Waals surface area contributed by atoms with Crippen LogP contribution in [0.15, 0.2) is 24.3 Å². The second kappa shape index (κ2) is 5.05. The molecule has 0 aliphatic carbocycles. The van der Waals surface area contributed by atoms with E-state index in [2.05, 4.69) is 15.6 Å². The molecule has 84 valence electrons. The van der Waals surface area contributed by atoms with Crippen molar-refractivity contribution in [2.75, 3.05) is 18.4 Å². The van der Waals surface area contributed by atoms with Crippen molar-refractivity contribution < 1.29 is 4.79 Å². The third-order valence-electron chi connectivity index (χ3n) is 2.08. The van der Waals surface area contributed by atoms with Crippen molar-refractivity contribution in [3.05, 3.63) is 24.3 Å². The molecule has 4 nitrogen and oxygen atoms in total. The van der Waals surface area contributed by atoms with Crippen LogP contribution in [-0.4, -0.2) is 24.0 Å². The Labute approximate surface area is 97.7 Å². The van der Waals surface area contributed by atoms with Gasteiger partial charge in [-0.3, -0.25) is 4.79 Å². The number of rotatable bonds is 4. The van der Waals surface area contributed by atoms with Gasteiger partial charge in [-0.15, -0.1) is 0 Å². The number of hydrogen-bond donors (Lipinski definition) is 2. The Bertz CT molecular complexity index is 462. The monoisotopic (exact) mass is 235 g/mol. The van der Waals surface area contributed by atoms with Crippen molar-refractivity contribution in [2.24, 2.45) is 0 Å². The molecule has 5 heteroatoms. The number of benzene rings is 1. The molecular weight excluding hydrogens is 222 g/mol. The Morgan fingerprint density at radius 3 is 3.00 bits per heavy atom. The van der Waals surface area contributed by atoms with Crippen molar-refractivity contribution in [1.82, 2.24) is 10.3 Å². The third-order valence-corrected chi connectivity index (χ3v) is 3.03. The van der Waals surface area contributed by atoms with E-state index in [1.807, 2.05) is 31.2 Å². The van der Waals surface area contributed by atoms with Crippen LogP contribution in [0.3, 0.4) is 0 Å². The van der Waals surface area contributed by atoms with Gasteiger partial charge >= 0.3 is 0 Å². The summed E-state index contributed by atoms with van der Waals surface area (Å²) in [7, 11) is 0. The number of nitrogens with zero attached hydrogens (tertiary/aromatic N) is 1. The number of para-hydroxylation sites is 1. The molecule has 0 fully saturated rings. The van der Waals surface area contributed by atoms with E-state index in [0.29, 0.717) is 11.7 Å². The minimum Gasteiger partial charge on any atom is -0.309 e. The van der Waals surface area contributed by atoms with Gasteiger partial charge in [0.15, 0.2) is 5.13 Å². The highest BCUT2D eigenvalue weighted by molar-refractivity contribution is 7.22. The van der Waals surface area contributed by atoms with Crippen molar-refractivity contribution in [1.29, 1.82) is 0 Å². The average molecular weight is 235 g/mol. The van der Waals surface area contributed by atoms with Crippen LogP contribution in [0.5, 0.6) is 0 Å². The molecule has 0 saturated carbocycles. The molecule has 2 N–H and O–H groups in total. The lowest BCUT2D eigenvalue weighted by atomic mass is 10.3. The van der Waals surface area contributed by atoms with E-state index in [-0.39, 0.29) is 5.91 Å². The summed E-state index contributed by atoms with van der Waals surface area (Å²) in [6.45, 7) is 3.07. The Kier molecular flexibility index (Phi) is 3.48. The summed E-state index contributed by atoms with van der Waals surface area (Å²) in [6, 6.07) is 7.83. The Hall–Kier alpha value is -1.46. The zero-order chi connectivity index (χ0) is 11.4. The average Bonchev–Trinajstić information content (AvgIpc) is 2.68. The predicted molar refractivity (Wildman–Crippen MR) is 66.8 cm³/mol. The Morgan fingerprint density at radius 2 is 2.25 bits per heavy atom. The number of amides is 1. The summed E-state index contributed by atoms with van der Waals surface area (Å²) in [6.07, 6.45) is 0. The van der Waals surface area contributed by atoms with E-state index >= 15 is 0 Å². The molecule has 2 rings (SSSR count). The summed E-state index contributed by atoms with van der Waals surface area (Å²) < 4.78 is 1.08. The number of carbonyl (C=O) groups is 1. The molecule has 0 aliphatic rings. The molecule has 0 atom stereocenters. The topological polar surface area (TPSA) is 54.0 Å². The Balaban J connectivity index is 2.07. The minimum absolute atomic E-state index is 0.0547. The largest absolute Gasteiger partial charge is 0.309 e. The maximum atomic E-state index is 11.4. The summed E-state index contributed by atoms with van der Waals surface area (Å²) in [4.78, 5) is 15.8. The molecule has 1 amide bonds. The maximum absolute atomic E-state index is 11.4. The summed E-state index contributed by atoms with van der Waals surface area (Å²) in [5.74, 6) is -0.0547. The number of nitrogens with one attached hydrogen (secondary N) is 2.